The molecule has 0 heterocycles. The third-order valence-corrected chi connectivity index (χ3v) is 2.62. The van der Waals surface area contributed by atoms with Crippen LogP contribution in [-0.2, 0) is 12.0 Å². The van der Waals surface area contributed by atoms with Crippen LogP contribution >= 0.6 is 11.6 Å². The van der Waals surface area contributed by atoms with Crippen LogP contribution in [0.25, 0.3) is 0 Å². The van der Waals surface area contributed by atoms with Gasteiger partial charge in [0.25, 0.3) is 0 Å². The van der Waals surface area contributed by atoms with Gasteiger partial charge in [-0.1, -0.05) is 38.4 Å². The molecule has 0 fully saturated rings. The van der Waals surface area contributed by atoms with Gasteiger partial charge in [0.15, 0.2) is 0 Å². The van der Waals surface area contributed by atoms with Gasteiger partial charge in [-0.25, -0.2) is 0 Å². The van der Waals surface area contributed by atoms with Crippen LogP contribution in [0.15, 0.2) is 12.1 Å². The average molecular weight is 229 g/mol. The summed E-state index contributed by atoms with van der Waals surface area (Å²) in [5.74, 6) is 0.663. The largest absolute Gasteiger partial charge is 0.495 e. The summed E-state index contributed by atoms with van der Waals surface area (Å²) in [6.07, 6.45) is 0. The van der Waals surface area contributed by atoms with E-state index >= 15 is 0 Å². The number of ether oxygens (including phenoxy) is 1. The monoisotopic (exact) mass is 228 g/mol. The van der Waals surface area contributed by atoms with Gasteiger partial charge in [-0.05, 0) is 17.0 Å². The molecule has 0 bridgehead atoms. The normalized spacial score (nSPS) is 11.6. The first kappa shape index (κ1) is 12.3. The second-order valence-corrected chi connectivity index (χ2v) is 4.93. The van der Waals surface area contributed by atoms with E-state index in [0.29, 0.717) is 10.8 Å². The topological polar surface area (TPSA) is 29.5 Å². The smallest absolute Gasteiger partial charge is 0.141 e. The summed E-state index contributed by atoms with van der Waals surface area (Å²) in [5.41, 5.74) is 1.73. The molecule has 0 atom stereocenters. The van der Waals surface area contributed by atoms with E-state index < -0.39 is 0 Å². The van der Waals surface area contributed by atoms with Gasteiger partial charge in [-0.3, -0.25) is 0 Å². The molecule has 0 radical (unpaired) electrons. The minimum atomic E-state index is -0.103. The lowest BCUT2D eigenvalue weighted by atomic mass is 9.83. The van der Waals surface area contributed by atoms with Gasteiger partial charge >= 0.3 is 0 Å². The standard InChI is InChI=1S/C12H17ClO2/c1-12(2,3)10-8(7-14)5-6-9(13)11(10)15-4/h5-6,14H,7H2,1-4H3. The molecular weight excluding hydrogens is 212 g/mol. The molecule has 84 valence electrons. The summed E-state index contributed by atoms with van der Waals surface area (Å²) in [6.45, 7) is 6.21. The van der Waals surface area contributed by atoms with E-state index in [2.05, 4.69) is 20.8 Å². The lowest BCUT2D eigenvalue weighted by Crippen LogP contribution is -2.16. The van der Waals surface area contributed by atoms with E-state index in [9.17, 15) is 5.11 Å². The summed E-state index contributed by atoms with van der Waals surface area (Å²) in [7, 11) is 1.59. The highest BCUT2D eigenvalue weighted by Crippen LogP contribution is 2.39. The third kappa shape index (κ3) is 2.44. The fourth-order valence-electron chi connectivity index (χ4n) is 1.75. The van der Waals surface area contributed by atoms with E-state index in [1.807, 2.05) is 6.07 Å². The van der Waals surface area contributed by atoms with Crippen LogP contribution in [0, 0.1) is 0 Å². The number of rotatable bonds is 2. The second kappa shape index (κ2) is 4.42. The van der Waals surface area contributed by atoms with Crippen LogP contribution < -0.4 is 4.74 Å². The third-order valence-electron chi connectivity index (χ3n) is 2.32. The molecule has 1 aromatic rings. The van der Waals surface area contributed by atoms with Crippen molar-refractivity contribution in [1.82, 2.24) is 0 Å². The predicted octanol–water partition coefficient (Wildman–Crippen LogP) is 3.14. The van der Waals surface area contributed by atoms with Crippen molar-refractivity contribution in [3.8, 4) is 5.75 Å². The maximum atomic E-state index is 9.29. The summed E-state index contributed by atoms with van der Waals surface area (Å²) in [5, 5.41) is 9.88. The molecule has 2 nitrogen and oxygen atoms in total. The lowest BCUT2D eigenvalue weighted by Gasteiger charge is -2.25. The molecule has 1 N–H and O–H groups in total. The van der Waals surface area contributed by atoms with Crippen molar-refractivity contribution in [1.29, 1.82) is 0 Å². The van der Waals surface area contributed by atoms with E-state index in [1.165, 1.54) is 0 Å². The molecule has 0 aromatic heterocycles. The highest BCUT2D eigenvalue weighted by atomic mass is 35.5. The predicted molar refractivity (Wildman–Crippen MR) is 62.6 cm³/mol. The Morgan fingerprint density at radius 1 is 1.33 bits per heavy atom. The van der Waals surface area contributed by atoms with E-state index in [0.717, 1.165) is 11.1 Å². The number of benzene rings is 1. The zero-order chi connectivity index (χ0) is 11.6. The van der Waals surface area contributed by atoms with Crippen molar-refractivity contribution in [3.63, 3.8) is 0 Å². The molecule has 0 aliphatic rings. The van der Waals surface area contributed by atoms with Crippen molar-refractivity contribution >= 4 is 11.6 Å². The minimum absolute atomic E-state index is 0.000131. The number of aliphatic hydroxyl groups is 1. The second-order valence-electron chi connectivity index (χ2n) is 4.52. The van der Waals surface area contributed by atoms with Gasteiger partial charge in [-0.15, -0.1) is 0 Å². The molecule has 0 saturated carbocycles. The molecule has 0 aliphatic carbocycles. The molecule has 3 heteroatoms. The summed E-state index contributed by atoms with van der Waals surface area (Å²) < 4.78 is 5.30. The van der Waals surface area contributed by atoms with Crippen molar-refractivity contribution in [2.75, 3.05) is 7.11 Å². The van der Waals surface area contributed by atoms with Crippen LogP contribution in [0.1, 0.15) is 31.9 Å². The van der Waals surface area contributed by atoms with Crippen molar-refractivity contribution in [3.05, 3.63) is 28.3 Å². The molecule has 0 spiro atoms. The van der Waals surface area contributed by atoms with Gasteiger partial charge in [0.05, 0.1) is 18.7 Å². The number of hydrogen-bond donors (Lipinski definition) is 1. The van der Waals surface area contributed by atoms with Gasteiger partial charge in [0, 0.05) is 5.56 Å². The quantitative estimate of drug-likeness (QED) is 0.843. The van der Waals surface area contributed by atoms with E-state index in [1.54, 1.807) is 13.2 Å². The van der Waals surface area contributed by atoms with E-state index in [4.69, 9.17) is 16.3 Å². The molecule has 0 amide bonds. The van der Waals surface area contributed by atoms with Crippen molar-refractivity contribution in [2.45, 2.75) is 32.8 Å². The zero-order valence-corrected chi connectivity index (χ0v) is 10.4. The maximum Gasteiger partial charge on any atom is 0.141 e. The maximum absolute atomic E-state index is 9.29. The van der Waals surface area contributed by atoms with Crippen molar-refractivity contribution in [2.24, 2.45) is 0 Å². The molecule has 1 aromatic carbocycles. The lowest BCUT2D eigenvalue weighted by molar-refractivity contribution is 0.276. The number of aliphatic hydroxyl groups excluding tert-OH is 1. The highest BCUT2D eigenvalue weighted by Gasteiger charge is 2.24. The Balaban J connectivity index is 3.48. The van der Waals surface area contributed by atoms with Gasteiger partial charge in [0.2, 0.25) is 0 Å². The van der Waals surface area contributed by atoms with Gasteiger partial charge in [0.1, 0.15) is 5.75 Å². The minimum Gasteiger partial charge on any atom is -0.495 e. The summed E-state index contributed by atoms with van der Waals surface area (Å²) in [4.78, 5) is 0. The first-order chi connectivity index (χ1) is 6.91. The van der Waals surface area contributed by atoms with Gasteiger partial charge < -0.3 is 9.84 Å². The SMILES string of the molecule is COc1c(Cl)ccc(CO)c1C(C)(C)C. The Hall–Kier alpha value is -0.730. The fourth-order valence-corrected chi connectivity index (χ4v) is 1.99. The fraction of sp³-hybridized carbons (Fsp3) is 0.500. The van der Waals surface area contributed by atoms with Crippen LogP contribution in [-0.4, -0.2) is 12.2 Å². The van der Waals surface area contributed by atoms with E-state index in [-0.39, 0.29) is 12.0 Å². The molecule has 0 unspecified atom stereocenters. The zero-order valence-electron chi connectivity index (χ0n) is 9.60. The molecule has 0 aliphatic heterocycles. The summed E-state index contributed by atoms with van der Waals surface area (Å²) >= 11 is 6.06. The first-order valence-corrected chi connectivity index (χ1v) is 5.26. The van der Waals surface area contributed by atoms with Crippen LogP contribution in [0.4, 0.5) is 0 Å². The highest BCUT2D eigenvalue weighted by molar-refractivity contribution is 6.32. The van der Waals surface area contributed by atoms with Crippen LogP contribution in [0.3, 0.4) is 0 Å². The first-order valence-electron chi connectivity index (χ1n) is 4.88. The Morgan fingerprint density at radius 3 is 2.33 bits per heavy atom. The number of hydrogen-bond acceptors (Lipinski definition) is 2. The Kier molecular flexibility index (Phi) is 3.63. The van der Waals surface area contributed by atoms with Crippen LogP contribution in [0.5, 0.6) is 5.75 Å². The molecule has 15 heavy (non-hydrogen) atoms. The molecule has 0 saturated heterocycles. The van der Waals surface area contributed by atoms with Crippen molar-refractivity contribution < 1.29 is 9.84 Å². The Morgan fingerprint density at radius 2 is 1.93 bits per heavy atom. The summed E-state index contributed by atoms with van der Waals surface area (Å²) in [6, 6.07) is 3.59. The van der Waals surface area contributed by atoms with Crippen LogP contribution in [0.2, 0.25) is 5.02 Å². The Bertz CT molecular complexity index is 353. The molecule has 1 rings (SSSR count). The molecular formula is C12H17ClO2. The Labute approximate surface area is 95.8 Å². The number of halogens is 1. The van der Waals surface area contributed by atoms with Gasteiger partial charge in [-0.2, -0.15) is 0 Å². The average Bonchev–Trinajstić information content (AvgIpc) is 2.15. The number of methoxy groups -OCH3 is 1.